The van der Waals surface area contributed by atoms with Crippen LogP contribution < -0.4 is 16.0 Å². The molecule has 1 aromatic rings. The van der Waals surface area contributed by atoms with Gasteiger partial charge < -0.3 is 16.0 Å². The van der Waals surface area contributed by atoms with Crippen molar-refractivity contribution >= 4 is 43.0 Å². The van der Waals surface area contributed by atoms with E-state index in [1.54, 1.807) is 0 Å². The predicted molar refractivity (Wildman–Crippen MR) is 85.2 cm³/mol. The molecule has 6 nitrogen and oxygen atoms in total. The Labute approximate surface area is 131 Å². The molecule has 21 heavy (non-hydrogen) atoms. The first kappa shape index (κ1) is 14.8. The zero-order valence-electron chi connectivity index (χ0n) is 11.5. The van der Waals surface area contributed by atoms with Crippen molar-refractivity contribution in [3.8, 4) is 0 Å². The summed E-state index contributed by atoms with van der Waals surface area (Å²) in [7, 11) is -1.07. The Balaban J connectivity index is 1.94. The molecule has 2 heterocycles. The summed E-state index contributed by atoms with van der Waals surface area (Å²) in [6, 6.07) is 2.97. The Morgan fingerprint density at radius 1 is 1.43 bits per heavy atom. The first-order valence-electron chi connectivity index (χ1n) is 6.61. The van der Waals surface area contributed by atoms with Crippen molar-refractivity contribution in [3.63, 3.8) is 0 Å². The molecule has 2 aliphatic rings. The second kappa shape index (κ2) is 4.96. The smallest absolute Gasteiger partial charge is 0.245 e. The van der Waals surface area contributed by atoms with E-state index in [-0.39, 0.29) is 23.5 Å². The molecule has 0 bridgehead atoms. The van der Waals surface area contributed by atoms with Gasteiger partial charge in [-0.05, 0) is 34.5 Å². The van der Waals surface area contributed by atoms with Gasteiger partial charge in [-0.1, -0.05) is 0 Å². The number of anilines is 2. The van der Waals surface area contributed by atoms with Crippen LogP contribution in [-0.2, 0) is 14.6 Å². The van der Waals surface area contributed by atoms with E-state index in [0.717, 1.165) is 15.7 Å². The average Bonchev–Trinajstić information content (AvgIpc) is 2.90. The predicted octanol–water partition coefficient (Wildman–Crippen LogP) is 1.02. The highest BCUT2D eigenvalue weighted by atomic mass is 79.9. The Morgan fingerprint density at radius 2 is 2.14 bits per heavy atom. The molecular weight excluding hydrogens is 358 g/mol. The number of fused-ring (bicyclic) bond motifs is 1. The van der Waals surface area contributed by atoms with E-state index in [0.29, 0.717) is 12.1 Å². The van der Waals surface area contributed by atoms with E-state index >= 15 is 0 Å². The number of amides is 1. The topological polar surface area (TPSA) is 92.5 Å². The van der Waals surface area contributed by atoms with Crippen LogP contribution in [0.2, 0.25) is 0 Å². The highest BCUT2D eigenvalue weighted by Gasteiger charge is 2.33. The highest BCUT2D eigenvalue weighted by molar-refractivity contribution is 9.10. The Morgan fingerprint density at radius 3 is 2.76 bits per heavy atom. The van der Waals surface area contributed by atoms with Crippen molar-refractivity contribution in [2.75, 3.05) is 28.8 Å². The summed E-state index contributed by atoms with van der Waals surface area (Å²) in [6.07, 6.45) is 0.619. The quantitative estimate of drug-likeness (QED) is 0.807. The van der Waals surface area contributed by atoms with Gasteiger partial charge in [0.25, 0.3) is 0 Å². The number of carbonyl (C=O) groups excluding carboxylic acids is 1. The van der Waals surface area contributed by atoms with E-state index < -0.39 is 15.9 Å². The number of hydrogen-bond donors (Lipinski definition) is 2. The lowest BCUT2D eigenvalue weighted by molar-refractivity contribution is -0.116. The van der Waals surface area contributed by atoms with Gasteiger partial charge in [-0.3, -0.25) is 4.79 Å². The van der Waals surface area contributed by atoms with Crippen molar-refractivity contribution in [3.05, 3.63) is 22.2 Å². The monoisotopic (exact) mass is 373 g/mol. The second-order valence-corrected chi connectivity index (χ2v) is 8.61. The summed E-state index contributed by atoms with van der Waals surface area (Å²) in [5.74, 6) is 0.172. The van der Waals surface area contributed by atoms with Crippen molar-refractivity contribution < 1.29 is 13.2 Å². The summed E-state index contributed by atoms with van der Waals surface area (Å²) in [5.41, 5.74) is 8.11. The zero-order chi connectivity index (χ0) is 15.4. The van der Waals surface area contributed by atoms with Crippen LogP contribution >= 0.6 is 15.9 Å². The molecular formula is C13H16BrN3O3S. The number of rotatable bonds is 2. The van der Waals surface area contributed by atoms with Crippen LogP contribution in [0.15, 0.2) is 16.6 Å². The molecule has 8 heteroatoms. The minimum Gasteiger partial charge on any atom is -0.370 e. The SMILES string of the molecule is CN(c1cc2c(cc1Br)C(N)C(=O)N2)C1CCS(=O)(=O)C1. The van der Waals surface area contributed by atoms with Crippen molar-refractivity contribution in [2.24, 2.45) is 5.73 Å². The van der Waals surface area contributed by atoms with Gasteiger partial charge in [0.1, 0.15) is 6.04 Å². The van der Waals surface area contributed by atoms with Crippen molar-refractivity contribution in [2.45, 2.75) is 18.5 Å². The zero-order valence-corrected chi connectivity index (χ0v) is 13.9. The van der Waals surface area contributed by atoms with Crippen LogP contribution in [0.4, 0.5) is 11.4 Å². The third-order valence-electron chi connectivity index (χ3n) is 4.13. The molecule has 2 unspecified atom stereocenters. The van der Waals surface area contributed by atoms with E-state index in [2.05, 4.69) is 21.2 Å². The van der Waals surface area contributed by atoms with Crippen molar-refractivity contribution in [1.82, 2.24) is 0 Å². The largest absolute Gasteiger partial charge is 0.370 e. The lowest BCUT2D eigenvalue weighted by Crippen LogP contribution is -2.32. The molecule has 1 aromatic carbocycles. The molecule has 2 atom stereocenters. The molecule has 0 spiro atoms. The summed E-state index contributed by atoms with van der Waals surface area (Å²) in [4.78, 5) is 13.6. The van der Waals surface area contributed by atoms with E-state index in [4.69, 9.17) is 5.73 Å². The maximum atomic E-state index is 11.6. The van der Waals surface area contributed by atoms with Crippen molar-refractivity contribution in [1.29, 1.82) is 0 Å². The van der Waals surface area contributed by atoms with E-state index in [1.807, 2.05) is 24.1 Å². The van der Waals surface area contributed by atoms with Gasteiger partial charge >= 0.3 is 0 Å². The van der Waals surface area contributed by atoms with Gasteiger partial charge in [-0.2, -0.15) is 0 Å². The first-order valence-corrected chi connectivity index (χ1v) is 9.23. The second-order valence-electron chi connectivity index (χ2n) is 5.53. The summed E-state index contributed by atoms with van der Waals surface area (Å²) in [6.45, 7) is 0. The summed E-state index contributed by atoms with van der Waals surface area (Å²) in [5, 5.41) is 2.75. The van der Waals surface area contributed by atoms with Crippen LogP contribution in [0.1, 0.15) is 18.0 Å². The molecule has 1 amide bonds. The van der Waals surface area contributed by atoms with Crippen LogP contribution in [0.25, 0.3) is 0 Å². The Kier molecular flexibility index (Phi) is 3.50. The molecule has 0 saturated carbocycles. The number of nitrogens with one attached hydrogen (secondary N) is 1. The van der Waals surface area contributed by atoms with E-state index in [1.165, 1.54) is 0 Å². The summed E-state index contributed by atoms with van der Waals surface area (Å²) < 4.78 is 24.1. The minimum absolute atomic E-state index is 0.0462. The molecule has 2 aliphatic heterocycles. The number of nitrogens with two attached hydrogens (primary N) is 1. The Bertz CT molecular complexity index is 720. The third-order valence-corrected chi connectivity index (χ3v) is 6.52. The molecule has 3 rings (SSSR count). The lowest BCUT2D eigenvalue weighted by Gasteiger charge is -2.27. The van der Waals surface area contributed by atoms with Crippen LogP contribution in [-0.4, -0.2) is 38.9 Å². The van der Waals surface area contributed by atoms with Gasteiger partial charge in [0, 0.05) is 28.8 Å². The molecule has 0 aromatic heterocycles. The standard InChI is InChI=1S/C13H16BrN3O3S/c1-17(7-2-3-21(19,20)6-7)11-5-10-8(4-9(11)14)12(15)13(18)16-10/h4-5,7,12H,2-3,6,15H2,1H3,(H,16,18). The fourth-order valence-electron chi connectivity index (χ4n) is 2.84. The van der Waals surface area contributed by atoms with Crippen LogP contribution in [0.3, 0.4) is 0 Å². The maximum Gasteiger partial charge on any atom is 0.245 e. The number of hydrogen-bond acceptors (Lipinski definition) is 5. The summed E-state index contributed by atoms with van der Waals surface area (Å²) >= 11 is 3.49. The fraction of sp³-hybridized carbons (Fsp3) is 0.462. The highest BCUT2D eigenvalue weighted by Crippen LogP contribution is 2.39. The van der Waals surface area contributed by atoms with Gasteiger partial charge in [0.05, 0.1) is 17.2 Å². The average molecular weight is 374 g/mol. The Hall–Kier alpha value is -1.12. The molecule has 114 valence electrons. The van der Waals surface area contributed by atoms with Gasteiger partial charge in [0.15, 0.2) is 9.84 Å². The molecule has 3 N–H and O–H groups in total. The molecule has 1 fully saturated rings. The van der Waals surface area contributed by atoms with Crippen LogP contribution in [0.5, 0.6) is 0 Å². The van der Waals surface area contributed by atoms with E-state index in [9.17, 15) is 13.2 Å². The molecule has 0 aliphatic carbocycles. The molecule has 0 radical (unpaired) electrons. The number of nitrogens with zero attached hydrogens (tertiary/aromatic N) is 1. The fourth-order valence-corrected chi connectivity index (χ4v) is 5.26. The van der Waals surface area contributed by atoms with Gasteiger partial charge in [0.2, 0.25) is 5.91 Å². The number of sulfone groups is 1. The first-order chi connectivity index (χ1) is 9.78. The number of benzene rings is 1. The number of halogens is 1. The van der Waals surface area contributed by atoms with Gasteiger partial charge in [-0.25, -0.2) is 8.42 Å². The maximum absolute atomic E-state index is 11.6. The number of carbonyl (C=O) groups is 1. The third kappa shape index (κ3) is 2.56. The van der Waals surface area contributed by atoms with Crippen LogP contribution in [0, 0.1) is 0 Å². The normalized spacial score (nSPS) is 26.5. The lowest BCUT2D eigenvalue weighted by atomic mass is 10.1. The molecule has 1 saturated heterocycles. The van der Waals surface area contributed by atoms with Gasteiger partial charge in [-0.15, -0.1) is 0 Å². The minimum atomic E-state index is -2.94.